The Morgan fingerprint density at radius 1 is 1.47 bits per heavy atom. The summed E-state index contributed by atoms with van der Waals surface area (Å²) in [5.74, 6) is -2.63. The average molecular weight is 240 g/mol. The maximum Gasteiger partial charge on any atom is 0.377 e. The highest BCUT2D eigenvalue weighted by Crippen LogP contribution is 2.11. The van der Waals surface area contributed by atoms with Crippen molar-refractivity contribution in [3.63, 3.8) is 0 Å². The highest BCUT2D eigenvalue weighted by Gasteiger charge is 2.20. The lowest BCUT2D eigenvalue weighted by molar-refractivity contribution is -0.147. The predicted octanol–water partition coefficient (Wildman–Crippen LogP) is 0.146. The summed E-state index contributed by atoms with van der Waals surface area (Å²) in [6.07, 6.45) is 2.52. The van der Waals surface area contributed by atoms with Gasteiger partial charge in [-0.05, 0) is 18.6 Å². The number of Topliss-reactive ketones (excluding diaryl/α,β-unsaturated/α-hetero) is 1. The van der Waals surface area contributed by atoms with Crippen LogP contribution in [0.1, 0.15) is 6.92 Å². The number of hydrogen-bond acceptors (Lipinski definition) is 5. The molecule has 0 heterocycles. The minimum atomic E-state index is -1.56. The van der Waals surface area contributed by atoms with E-state index in [0.29, 0.717) is 11.3 Å². The van der Waals surface area contributed by atoms with E-state index >= 15 is 0 Å². The van der Waals surface area contributed by atoms with Crippen LogP contribution >= 0.6 is 0 Å². The van der Waals surface area contributed by atoms with Crippen molar-refractivity contribution in [3.8, 4) is 0 Å². The molecule has 3 N–H and O–H groups in total. The molecule has 94 valence electrons. The van der Waals surface area contributed by atoms with E-state index in [-0.39, 0.29) is 12.2 Å². The summed E-state index contributed by atoms with van der Waals surface area (Å²) in [6.45, 7) is 1.80. The number of nitrogens with zero attached hydrogens (tertiary/aromatic N) is 1. The number of aliphatic imine (C=N–C) groups is 1. The standard InChI is InChI=1S/C11H16N2O4/c1-7(13-2)4-8(6-17-3)9(5-12)10(14)11(15)16/h4-5H,6,12H2,1-3H3,(H,15,16)/b8-4+,9-5+,13-7?. The third-order valence-electron chi connectivity index (χ3n) is 1.99. The Labute approximate surface area is 99.5 Å². The first-order chi connectivity index (χ1) is 7.97. The van der Waals surface area contributed by atoms with Gasteiger partial charge in [-0.2, -0.15) is 0 Å². The van der Waals surface area contributed by atoms with Crippen molar-refractivity contribution in [2.75, 3.05) is 20.8 Å². The first kappa shape index (κ1) is 15.0. The van der Waals surface area contributed by atoms with E-state index in [1.54, 1.807) is 20.0 Å². The SMILES string of the molecule is CN=C(C)/C=C(COC)/C(=C\N)C(=O)C(=O)O. The van der Waals surface area contributed by atoms with Crippen LogP contribution in [0.5, 0.6) is 0 Å². The molecule has 0 radical (unpaired) electrons. The summed E-state index contributed by atoms with van der Waals surface area (Å²) in [7, 11) is 3.02. The number of carbonyl (C=O) groups is 2. The topological polar surface area (TPSA) is 102 Å². The normalized spacial score (nSPS) is 13.7. The monoisotopic (exact) mass is 240 g/mol. The molecule has 0 unspecified atom stereocenters. The van der Waals surface area contributed by atoms with Gasteiger partial charge in [-0.3, -0.25) is 9.79 Å². The number of ether oxygens (including phenoxy) is 1. The molecule has 0 aliphatic carbocycles. The first-order valence-corrected chi connectivity index (χ1v) is 4.80. The molecule has 0 saturated heterocycles. The molecule has 6 nitrogen and oxygen atoms in total. The third-order valence-corrected chi connectivity index (χ3v) is 1.99. The fourth-order valence-corrected chi connectivity index (χ4v) is 1.11. The van der Waals surface area contributed by atoms with Crippen LogP contribution in [-0.4, -0.2) is 43.3 Å². The average Bonchev–Trinajstić information content (AvgIpc) is 2.29. The maximum atomic E-state index is 11.4. The second kappa shape index (κ2) is 7.34. The zero-order valence-electron chi connectivity index (χ0n) is 10.1. The van der Waals surface area contributed by atoms with Crippen LogP contribution in [0.3, 0.4) is 0 Å². The third kappa shape index (κ3) is 4.60. The van der Waals surface area contributed by atoms with Crippen molar-refractivity contribution in [2.24, 2.45) is 10.7 Å². The number of ketones is 1. The van der Waals surface area contributed by atoms with E-state index in [1.165, 1.54) is 7.11 Å². The van der Waals surface area contributed by atoms with Crippen LogP contribution in [0.2, 0.25) is 0 Å². The molecule has 0 aromatic heterocycles. The Kier molecular flexibility index (Phi) is 6.50. The number of nitrogens with two attached hydrogens (primary N) is 1. The molecular weight excluding hydrogens is 224 g/mol. The van der Waals surface area contributed by atoms with Crippen molar-refractivity contribution < 1.29 is 19.4 Å². The van der Waals surface area contributed by atoms with Crippen LogP contribution < -0.4 is 5.73 Å². The maximum absolute atomic E-state index is 11.4. The highest BCUT2D eigenvalue weighted by molar-refractivity contribution is 6.41. The number of carboxylic acid groups (broad SMARTS) is 1. The van der Waals surface area contributed by atoms with Gasteiger partial charge in [0, 0.05) is 26.1 Å². The second-order valence-electron chi connectivity index (χ2n) is 3.18. The Balaban J connectivity index is 5.38. The van der Waals surface area contributed by atoms with Gasteiger partial charge in [0.05, 0.1) is 12.2 Å². The van der Waals surface area contributed by atoms with Crippen LogP contribution in [0.15, 0.2) is 28.4 Å². The Morgan fingerprint density at radius 2 is 2.06 bits per heavy atom. The van der Waals surface area contributed by atoms with Crippen molar-refractivity contribution in [1.29, 1.82) is 0 Å². The predicted molar refractivity (Wildman–Crippen MR) is 63.9 cm³/mol. The number of rotatable bonds is 6. The quantitative estimate of drug-likeness (QED) is 0.298. The van der Waals surface area contributed by atoms with Crippen LogP contribution in [0, 0.1) is 0 Å². The van der Waals surface area contributed by atoms with Gasteiger partial charge >= 0.3 is 5.97 Å². The van der Waals surface area contributed by atoms with E-state index in [2.05, 4.69) is 4.99 Å². The summed E-state index contributed by atoms with van der Waals surface area (Å²) in [6, 6.07) is 0. The largest absolute Gasteiger partial charge is 0.475 e. The van der Waals surface area contributed by atoms with Gasteiger partial charge in [-0.25, -0.2) is 4.79 Å². The molecule has 0 saturated carbocycles. The molecule has 0 aliphatic heterocycles. The smallest absolute Gasteiger partial charge is 0.377 e. The molecule has 0 aliphatic rings. The number of allylic oxidation sites excluding steroid dienone is 1. The number of aliphatic carboxylic acids is 1. The lowest BCUT2D eigenvalue weighted by Crippen LogP contribution is -2.19. The molecule has 0 bridgehead atoms. The fourth-order valence-electron chi connectivity index (χ4n) is 1.11. The number of carbonyl (C=O) groups excluding carboxylic acids is 1. The zero-order chi connectivity index (χ0) is 13.4. The number of hydrogen-bond donors (Lipinski definition) is 2. The number of methoxy groups -OCH3 is 1. The molecule has 0 rings (SSSR count). The highest BCUT2D eigenvalue weighted by atomic mass is 16.5. The fraction of sp³-hybridized carbons (Fsp3) is 0.364. The van der Waals surface area contributed by atoms with Gasteiger partial charge in [0.15, 0.2) is 0 Å². The van der Waals surface area contributed by atoms with Crippen LogP contribution in [0.25, 0.3) is 0 Å². The van der Waals surface area contributed by atoms with E-state index in [0.717, 1.165) is 6.20 Å². The van der Waals surface area contributed by atoms with Crippen LogP contribution in [0.4, 0.5) is 0 Å². The summed E-state index contributed by atoms with van der Waals surface area (Å²) in [4.78, 5) is 25.9. The molecule has 0 amide bonds. The molecule has 0 aromatic rings. The van der Waals surface area contributed by atoms with Gasteiger partial charge in [0.2, 0.25) is 0 Å². The van der Waals surface area contributed by atoms with Gasteiger partial charge in [-0.1, -0.05) is 0 Å². The number of carboxylic acids is 1. The Hall–Kier alpha value is -1.95. The molecule has 0 spiro atoms. The molecule has 0 atom stereocenters. The van der Waals surface area contributed by atoms with E-state index < -0.39 is 11.8 Å². The lowest BCUT2D eigenvalue weighted by Gasteiger charge is -2.08. The first-order valence-electron chi connectivity index (χ1n) is 4.80. The Bertz CT molecular complexity index is 394. The van der Waals surface area contributed by atoms with Crippen molar-refractivity contribution in [1.82, 2.24) is 0 Å². The van der Waals surface area contributed by atoms with E-state index in [1.807, 2.05) is 0 Å². The van der Waals surface area contributed by atoms with E-state index in [9.17, 15) is 9.59 Å². The van der Waals surface area contributed by atoms with Gasteiger partial charge < -0.3 is 15.6 Å². The molecule has 6 heteroatoms. The van der Waals surface area contributed by atoms with Crippen LogP contribution in [-0.2, 0) is 14.3 Å². The van der Waals surface area contributed by atoms with Gasteiger partial charge in [0.25, 0.3) is 5.78 Å². The molecule has 0 fully saturated rings. The summed E-state index contributed by atoms with van der Waals surface area (Å²) in [5, 5.41) is 8.65. The minimum Gasteiger partial charge on any atom is -0.475 e. The minimum absolute atomic E-state index is 0.0783. The Morgan fingerprint density at radius 3 is 2.41 bits per heavy atom. The lowest BCUT2D eigenvalue weighted by atomic mass is 10.0. The van der Waals surface area contributed by atoms with Gasteiger partial charge in [0.1, 0.15) is 0 Å². The van der Waals surface area contributed by atoms with Crippen molar-refractivity contribution in [2.45, 2.75) is 6.92 Å². The molecular formula is C11H16N2O4. The summed E-state index contributed by atoms with van der Waals surface area (Å²) >= 11 is 0. The van der Waals surface area contributed by atoms with Gasteiger partial charge in [-0.15, -0.1) is 0 Å². The van der Waals surface area contributed by atoms with E-state index in [4.69, 9.17) is 15.6 Å². The second-order valence-corrected chi connectivity index (χ2v) is 3.18. The summed E-state index contributed by atoms with van der Waals surface area (Å²) in [5.41, 5.74) is 6.20. The zero-order valence-corrected chi connectivity index (χ0v) is 10.1. The van der Waals surface area contributed by atoms with Crippen molar-refractivity contribution >= 4 is 17.5 Å². The molecule has 17 heavy (non-hydrogen) atoms. The molecule has 0 aromatic carbocycles. The summed E-state index contributed by atoms with van der Waals surface area (Å²) < 4.78 is 4.90. The van der Waals surface area contributed by atoms with Crippen molar-refractivity contribution in [3.05, 3.63) is 23.4 Å².